The van der Waals surface area contributed by atoms with Gasteiger partial charge in [-0.05, 0) is 36.1 Å². The van der Waals surface area contributed by atoms with Crippen molar-refractivity contribution in [2.24, 2.45) is 5.92 Å². The molecule has 0 aliphatic carbocycles. The van der Waals surface area contributed by atoms with Gasteiger partial charge in [-0.1, -0.05) is 44.2 Å². The van der Waals surface area contributed by atoms with Crippen LogP contribution in [-0.4, -0.2) is 80.1 Å². The van der Waals surface area contributed by atoms with Gasteiger partial charge in [0.2, 0.25) is 0 Å². The first-order valence-corrected chi connectivity index (χ1v) is 11.0. The quantitative estimate of drug-likeness (QED) is 0.376. The fourth-order valence-corrected chi connectivity index (χ4v) is 3.71. The largest absolute Gasteiger partial charge is 0.479 e. The average molecular weight is 460 g/mol. The van der Waals surface area contributed by atoms with Crippen LogP contribution in [0.2, 0.25) is 0 Å². The van der Waals surface area contributed by atoms with Crippen LogP contribution in [0.25, 0.3) is 11.1 Å². The molecule has 3 atom stereocenters. The lowest BCUT2D eigenvalue weighted by atomic mass is 9.99. The van der Waals surface area contributed by atoms with Crippen LogP contribution in [0.1, 0.15) is 25.8 Å². The Morgan fingerprint density at radius 3 is 2.27 bits per heavy atom. The second-order valence-corrected chi connectivity index (χ2v) is 8.43. The molecule has 1 aromatic heterocycles. The summed E-state index contributed by atoms with van der Waals surface area (Å²) in [6.45, 7) is 9.03. The van der Waals surface area contributed by atoms with Gasteiger partial charge in [-0.25, -0.2) is 9.59 Å². The maximum atomic E-state index is 9.77. The number of carboxylic acid groups (broad SMARTS) is 2. The van der Waals surface area contributed by atoms with Crippen molar-refractivity contribution >= 4 is 11.9 Å². The summed E-state index contributed by atoms with van der Waals surface area (Å²) in [5, 5.41) is 36.0. The van der Waals surface area contributed by atoms with E-state index in [1.165, 1.54) is 23.1 Å². The SMILES string of the molecule is CC(C)CN(Cc1ccccc1-c1cccnc1)[C@H]1CCNC1.O=C(O)[C@H](O)[C@@H](O)C(=O)O. The zero-order valence-corrected chi connectivity index (χ0v) is 19.0. The average Bonchev–Trinajstić information content (AvgIpc) is 3.33. The zero-order valence-electron chi connectivity index (χ0n) is 19.0. The molecule has 0 saturated carbocycles. The molecule has 1 saturated heterocycles. The highest BCUT2D eigenvalue weighted by Gasteiger charge is 2.29. The first-order chi connectivity index (χ1) is 15.7. The number of aromatic nitrogens is 1. The van der Waals surface area contributed by atoms with E-state index >= 15 is 0 Å². The van der Waals surface area contributed by atoms with E-state index < -0.39 is 24.1 Å². The van der Waals surface area contributed by atoms with Crippen molar-refractivity contribution < 1.29 is 30.0 Å². The molecule has 0 radical (unpaired) electrons. The summed E-state index contributed by atoms with van der Waals surface area (Å²) in [6.07, 6.45) is 0.515. The maximum absolute atomic E-state index is 9.77. The third-order valence-corrected chi connectivity index (χ3v) is 5.32. The Kier molecular flexibility index (Phi) is 10.4. The second-order valence-electron chi connectivity index (χ2n) is 8.43. The van der Waals surface area contributed by atoms with Crippen molar-refractivity contribution in [3.63, 3.8) is 0 Å². The minimum absolute atomic E-state index is 0.652. The van der Waals surface area contributed by atoms with Gasteiger partial charge in [-0.3, -0.25) is 9.88 Å². The van der Waals surface area contributed by atoms with Crippen LogP contribution in [-0.2, 0) is 16.1 Å². The van der Waals surface area contributed by atoms with Gasteiger partial charge in [0.15, 0.2) is 12.2 Å². The molecule has 1 aliphatic rings. The van der Waals surface area contributed by atoms with Crippen LogP contribution in [0, 0.1) is 5.92 Å². The van der Waals surface area contributed by atoms with E-state index in [0.717, 1.165) is 26.2 Å². The van der Waals surface area contributed by atoms with Crippen molar-refractivity contribution in [2.45, 2.75) is 45.1 Å². The Balaban J connectivity index is 0.000000328. The summed E-state index contributed by atoms with van der Waals surface area (Å²) in [6, 6.07) is 13.6. The monoisotopic (exact) mass is 459 g/mol. The van der Waals surface area contributed by atoms with Gasteiger partial charge in [0.1, 0.15) is 0 Å². The van der Waals surface area contributed by atoms with Gasteiger partial charge in [0, 0.05) is 43.6 Å². The molecule has 9 nitrogen and oxygen atoms in total. The van der Waals surface area contributed by atoms with Gasteiger partial charge in [-0.2, -0.15) is 0 Å². The molecule has 0 unspecified atom stereocenters. The van der Waals surface area contributed by atoms with Crippen molar-refractivity contribution in [1.29, 1.82) is 0 Å². The second kappa shape index (κ2) is 13.0. The minimum Gasteiger partial charge on any atom is -0.479 e. The molecule has 5 N–H and O–H groups in total. The Bertz CT molecular complexity index is 869. The van der Waals surface area contributed by atoms with Gasteiger partial charge in [-0.15, -0.1) is 0 Å². The molecule has 0 bridgehead atoms. The predicted molar refractivity (Wildman–Crippen MR) is 123 cm³/mol. The van der Waals surface area contributed by atoms with E-state index in [1.807, 2.05) is 18.5 Å². The van der Waals surface area contributed by atoms with E-state index in [4.69, 9.17) is 20.4 Å². The van der Waals surface area contributed by atoms with Gasteiger partial charge in [0.25, 0.3) is 0 Å². The standard InChI is InChI=1S/C20H27N3.C4H6O6/c1-16(2)14-23(19-9-11-22-13-19)15-18-6-3-4-8-20(18)17-7-5-10-21-12-17;5-1(3(7)8)2(6)4(9)10/h3-8,10,12,16,19,22H,9,11,13-15H2,1-2H3;1-2,5-6H,(H,7,8)(H,9,10)/t19-;1-,2-/m01/s1. The number of hydrogen-bond donors (Lipinski definition) is 5. The molecule has 2 heterocycles. The molecular weight excluding hydrogens is 426 g/mol. The topological polar surface area (TPSA) is 143 Å². The minimum atomic E-state index is -2.27. The fraction of sp³-hybridized carbons (Fsp3) is 0.458. The van der Waals surface area contributed by atoms with Gasteiger partial charge < -0.3 is 25.7 Å². The van der Waals surface area contributed by atoms with E-state index in [1.54, 1.807) is 0 Å². The van der Waals surface area contributed by atoms with Gasteiger partial charge >= 0.3 is 11.9 Å². The lowest BCUT2D eigenvalue weighted by Crippen LogP contribution is -2.39. The normalized spacial score (nSPS) is 17.3. The van der Waals surface area contributed by atoms with Gasteiger partial charge in [0.05, 0.1) is 0 Å². The van der Waals surface area contributed by atoms with Crippen LogP contribution >= 0.6 is 0 Å². The van der Waals surface area contributed by atoms with Crippen molar-refractivity contribution in [3.8, 4) is 11.1 Å². The molecule has 0 spiro atoms. The smallest absolute Gasteiger partial charge is 0.335 e. The Morgan fingerprint density at radius 1 is 1.09 bits per heavy atom. The van der Waals surface area contributed by atoms with Crippen LogP contribution in [0.4, 0.5) is 0 Å². The summed E-state index contributed by atoms with van der Waals surface area (Å²) in [5.74, 6) is -2.86. The number of carboxylic acids is 2. The summed E-state index contributed by atoms with van der Waals surface area (Å²) in [7, 11) is 0. The predicted octanol–water partition coefficient (Wildman–Crippen LogP) is 1.45. The number of nitrogens with zero attached hydrogens (tertiary/aromatic N) is 2. The molecule has 180 valence electrons. The van der Waals surface area contributed by atoms with E-state index in [-0.39, 0.29) is 0 Å². The number of benzene rings is 1. The molecule has 33 heavy (non-hydrogen) atoms. The fourth-order valence-electron chi connectivity index (χ4n) is 3.71. The highest BCUT2D eigenvalue weighted by Crippen LogP contribution is 2.25. The zero-order chi connectivity index (χ0) is 24.4. The third kappa shape index (κ3) is 8.21. The number of aliphatic hydroxyl groups excluding tert-OH is 2. The summed E-state index contributed by atoms with van der Waals surface area (Å²) in [5.41, 5.74) is 3.91. The number of aliphatic hydroxyl groups is 2. The molecular formula is C24H33N3O6. The van der Waals surface area contributed by atoms with E-state index in [0.29, 0.717) is 12.0 Å². The molecule has 1 aromatic carbocycles. The van der Waals surface area contributed by atoms with Crippen LogP contribution in [0.15, 0.2) is 48.8 Å². The number of hydrogen-bond acceptors (Lipinski definition) is 7. The number of pyridine rings is 1. The number of nitrogens with one attached hydrogen (secondary N) is 1. The summed E-state index contributed by atoms with van der Waals surface area (Å²) in [4.78, 5) is 26.5. The molecule has 1 aliphatic heterocycles. The Morgan fingerprint density at radius 2 is 1.76 bits per heavy atom. The van der Waals surface area contributed by atoms with E-state index in [9.17, 15) is 9.59 Å². The van der Waals surface area contributed by atoms with Crippen molar-refractivity contribution in [2.75, 3.05) is 19.6 Å². The highest BCUT2D eigenvalue weighted by atomic mass is 16.4. The number of rotatable bonds is 9. The molecule has 9 heteroatoms. The molecule has 2 aromatic rings. The third-order valence-electron chi connectivity index (χ3n) is 5.32. The number of aliphatic carboxylic acids is 2. The number of carbonyl (C=O) groups is 2. The Labute approximate surface area is 193 Å². The Hall–Kier alpha value is -2.85. The first kappa shape index (κ1) is 26.4. The van der Waals surface area contributed by atoms with Crippen molar-refractivity contribution in [1.82, 2.24) is 15.2 Å². The van der Waals surface area contributed by atoms with Crippen molar-refractivity contribution in [3.05, 3.63) is 54.4 Å². The van der Waals surface area contributed by atoms with Crippen LogP contribution in [0.5, 0.6) is 0 Å². The molecule has 3 rings (SSSR count). The highest BCUT2D eigenvalue weighted by molar-refractivity contribution is 5.83. The first-order valence-electron chi connectivity index (χ1n) is 11.0. The summed E-state index contributed by atoms with van der Waals surface area (Å²) < 4.78 is 0. The summed E-state index contributed by atoms with van der Waals surface area (Å²) >= 11 is 0. The van der Waals surface area contributed by atoms with Crippen LogP contribution < -0.4 is 5.32 Å². The maximum Gasteiger partial charge on any atom is 0.335 e. The van der Waals surface area contributed by atoms with Crippen LogP contribution in [0.3, 0.4) is 0 Å². The molecule has 0 amide bonds. The molecule has 1 fully saturated rings. The lowest BCUT2D eigenvalue weighted by Gasteiger charge is -2.30. The lowest BCUT2D eigenvalue weighted by molar-refractivity contribution is -0.165. The van der Waals surface area contributed by atoms with E-state index in [2.05, 4.69) is 59.4 Å².